The van der Waals surface area contributed by atoms with E-state index in [0.29, 0.717) is 19.2 Å². The van der Waals surface area contributed by atoms with Crippen molar-refractivity contribution >= 4 is 12.4 Å². The molecule has 0 heterocycles. The van der Waals surface area contributed by atoms with Crippen molar-refractivity contribution in [1.82, 2.24) is 5.32 Å². The Morgan fingerprint density at radius 2 is 1.81 bits per heavy atom. The van der Waals surface area contributed by atoms with Gasteiger partial charge in [-0.1, -0.05) is 63.2 Å². The number of hydrogen-bond donors (Lipinski definition) is 2. The maximum Gasteiger partial charge on any atom is 0.123 e. The summed E-state index contributed by atoms with van der Waals surface area (Å²) >= 11 is 0. The molecular formula is C23H32ClNO2. The van der Waals surface area contributed by atoms with E-state index in [1.165, 1.54) is 23.1 Å². The first-order valence-electron chi connectivity index (χ1n) is 9.66. The zero-order valence-corrected chi connectivity index (χ0v) is 17.4. The Morgan fingerprint density at radius 3 is 2.59 bits per heavy atom. The maximum absolute atomic E-state index is 10.4. The lowest BCUT2D eigenvalue weighted by Crippen LogP contribution is -2.35. The van der Waals surface area contributed by atoms with Gasteiger partial charge in [-0.2, -0.15) is 0 Å². The second-order valence-corrected chi connectivity index (χ2v) is 8.26. The van der Waals surface area contributed by atoms with E-state index in [4.69, 9.17) is 4.74 Å². The Morgan fingerprint density at radius 1 is 1.11 bits per heavy atom. The van der Waals surface area contributed by atoms with Gasteiger partial charge in [-0.25, -0.2) is 0 Å². The smallest absolute Gasteiger partial charge is 0.123 e. The Bertz CT molecular complexity index is 726. The number of hydrogen-bond acceptors (Lipinski definition) is 3. The molecule has 0 radical (unpaired) electrons. The summed E-state index contributed by atoms with van der Waals surface area (Å²) in [4.78, 5) is 0. The predicted octanol–water partition coefficient (Wildman–Crippen LogP) is 4.81. The van der Waals surface area contributed by atoms with E-state index in [9.17, 15) is 5.11 Å². The van der Waals surface area contributed by atoms with E-state index in [-0.39, 0.29) is 17.8 Å². The van der Waals surface area contributed by atoms with Gasteiger partial charge in [0.15, 0.2) is 0 Å². The Hall–Kier alpha value is -1.55. The average Bonchev–Trinajstić information content (AvgIpc) is 2.64. The summed E-state index contributed by atoms with van der Waals surface area (Å²) in [7, 11) is 0. The molecule has 2 aromatic rings. The topological polar surface area (TPSA) is 41.5 Å². The molecule has 2 N–H and O–H groups in total. The molecule has 0 saturated heterocycles. The van der Waals surface area contributed by atoms with Crippen molar-refractivity contribution in [3.63, 3.8) is 0 Å². The van der Waals surface area contributed by atoms with Crippen LogP contribution in [0.25, 0.3) is 0 Å². The molecule has 0 aliphatic heterocycles. The molecule has 0 fully saturated rings. The summed E-state index contributed by atoms with van der Waals surface area (Å²) in [5.41, 5.74) is 4.00. The first-order valence-corrected chi connectivity index (χ1v) is 9.66. The van der Waals surface area contributed by atoms with E-state index in [2.05, 4.69) is 56.4 Å². The predicted molar refractivity (Wildman–Crippen MR) is 114 cm³/mol. The summed E-state index contributed by atoms with van der Waals surface area (Å²) in [6.07, 6.45) is 2.94. The lowest BCUT2D eigenvalue weighted by atomic mass is 9.86. The first-order chi connectivity index (χ1) is 12.4. The molecule has 1 aliphatic rings. The van der Waals surface area contributed by atoms with Gasteiger partial charge in [0.1, 0.15) is 18.5 Å². The van der Waals surface area contributed by atoms with Crippen LogP contribution in [-0.4, -0.2) is 24.4 Å². The van der Waals surface area contributed by atoms with Gasteiger partial charge in [0.25, 0.3) is 0 Å². The summed E-state index contributed by atoms with van der Waals surface area (Å²) in [5.74, 6) is 0.863. The highest BCUT2D eigenvalue weighted by Crippen LogP contribution is 2.31. The van der Waals surface area contributed by atoms with E-state index in [1.54, 1.807) is 0 Å². The number of rotatable bonds is 6. The number of fused-ring (bicyclic) bond motifs is 1. The highest BCUT2D eigenvalue weighted by molar-refractivity contribution is 5.85. The zero-order valence-electron chi connectivity index (χ0n) is 16.6. The molecule has 0 saturated carbocycles. The number of benzene rings is 2. The number of para-hydroxylation sites is 1. The maximum atomic E-state index is 10.4. The van der Waals surface area contributed by atoms with Crippen molar-refractivity contribution in [3.8, 4) is 5.75 Å². The quantitative estimate of drug-likeness (QED) is 0.744. The number of ether oxygens (including phenoxy) is 1. The molecule has 2 atom stereocenters. The molecule has 27 heavy (non-hydrogen) atoms. The lowest BCUT2D eigenvalue weighted by molar-refractivity contribution is 0.102. The third-order valence-electron chi connectivity index (χ3n) is 5.10. The summed E-state index contributed by atoms with van der Waals surface area (Å²) < 4.78 is 5.94. The molecule has 4 heteroatoms. The van der Waals surface area contributed by atoms with Crippen LogP contribution in [0.5, 0.6) is 5.75 Å². The Kier molecular flexibility index (Phi) is 7.72. The molecule has 1 aliphatic carbocycles. The first kappa shape index (κ1) is 21.7. The van der Waals surface area contributed by atoms with Gasteiger partial charge in [0.2, 0.25) is 0 Å². The van der Waals surface area contributed by atoms with E-state index < -0.39 is 6.10 Å². The number of aliphatic hydroxyl groups excluding tert-OH is 1. The van der Waals surface area contributed by atoms with Crippen LogP contribution in [0, 0.1) is 0 Å². The van der Waals surface area contributed by atoms with Gasteiger partial charge in [0.05, 0.1) is 0 Å². The molecule has 0 unspecified atom stereocenters. The third kappa shape index (κ3) is 5.71. The zero-order chi connectivity index (χ0) is 18.6. The second kappa shape index (κ2) is 9.59. The molecule has 2 aromatic carbocycles. The molecule has 0 amide bonds. The second-order valence-electron chi connectivity index (χ2n) is 8.26. The minimum Gasteiger partial charge on any atom is -0.491 e. The van der Waals surface area contributed by atoms with Crippen LogP contribution >= 0.6 is 12.4 Å². The third-order valence-corrected chi connectivity index (χ3v) is 5.10. The van der Waals surface area contributed by atoms with Gasteiger partial charge in [-0.05, 0) is 47.4 Å². The lowest BCUT2D eigenvalue weighted by Gasteiger charge is -2.28. The van der Waals surface area contributed by atoms with Crippen molar-refractivity contribution in [3.05, 3.63) is 65.2 Å². The molecule has 3 rings (SSSR count). The van der Waals surface area contributed by atoms with Crippen LogP contribution in [0.15, 0.2) is 48.5 Å². The van der Waals surface area contributed by atoms with Crippen LogP contribution in [0.3, 0.4) is 0 Å². The standard InChI is InChI=1S/C23H31NO2.ClH/c1-23(2,3)20-12-6-7-14-22(20)26-16-18(25)15-24-21-13-8-10-17-9-4-5-11-19(17)21;/h4-7,9,11-12,14,18,21,24-25H,8,10,13,15-16H2,1-3H3;1H/t18-,21-;/m0./s1. The average molecular weight is 390 g/mol. The van der Waals surface area contributed by atoms with Crippen LogP contribution in [0.4, 0.5) is 0 Å². The summed E-state index contributed by atoms with van der Waals surface area (Å²) in [6.45, 7) is 7.36. The summed E-state index contributed by atoms with van der Waals surface area (Å²) in [6, 6.07) is 17.0. The number of aliphatic hydroxyl groups is 1. The fourth-order valence-corrected chi connectivity index (χ4v) is 3.70. The van der Waals surface area contributed by atoms with Crippen LogP contribution in [0.2, 0.25) is 0 Å². The Balaban J connectivity index is 0.00000261. The van der Waals surface area contributed by atoms with Gasteiger partial charge < -0.3 is 15.2 Å². The van der Waals surface area contributed by atoms with Crippen molar-refractivity contribution in [2.45, 2.75) is 57.6 Å². The SMILES string of the molecule is CC(C)(C)c1ccccc1OC[C@@H](O)CN[C@H]1CCCc2ccccc21.Cl. The highest BCUT2D eigenvalue weighted by Gasteiger charge is 2.21. The molecular weight excluding hydrogens is 358 g/mol. The van der Waals surface area contributed by atoms with Crippen molar-refractivity contribution in [1.29, 1.82) is 0 Å². The molecule has 0 spiro atoms. The van der Waals surface area contributed by atoms with Crippen LogP contribution < -0.4 is 10.1 Å². The molecule has 0 bridgehead atoms. The normalized spacial score (nSPS) is 17.6. The number of halogens is 1. The highest BCUT2D eigenvalue weighted by atomic mass is 35.5. The Labute approximate surface area is 169 Å². The molecule has 0 aromatic heterocycles. The van der Waals surface area contributed by atoms with Gasteiger partial charge >= 0.3 is 0 Å². The van der Waals surface area contributed by atoms with E-state index >= 15 is 0 Å². The van der Waals surface area contributed by atoms with Crippen molar-refractivity contribution in [2.75, 3.05) is 13.2 Å². The molecule has 148 valence electrons. The van der Waals surface area contributed by atoms with Gasteiger partial charge in [-0.3, -0.25) is 0 Å². The number of nitrogens with one attached hydrogen (secondary N) is 1. The van der Waals surface area contributed by atoms with Crippen LogP contribution in [0.1, 0.15) is 56.3 Å². The van der Waals surface area contributed by atoms with E-state index in [1.807, 2.05) is 18.2 Å². The minimum atomic E-state index is -0.530. The fraction of sp³-hybridized carbons (Fsp3) is 0.478. The fourth-order valence-electron chi connectivity index (χ4n) is 3.70. The largest absolute Gasteiger partial charge is 0.491 e. The van der Waals surface area contributed by atoms with Gasteiger partial charge in [0, 0.05) is 12.6 Å². The van der Waals surface area contributed by atoms with E-state index in [0.717, 1.165) is 18.6 Å². The molecule has 3 nitrogen and oxygen atoms in total. The van der Waals surface area contributed by atoms with Crippen LogP contribution in [-0.2, 0) is 11.8 Å². The minimum absolute atomic E-state index is 0. The van der Waals surface area contributed by atoms with Crippen molar-refractivity contribution < 1.29 is 9.84 Å². The van der Waals surface area contributed by atoms with Gasteiger partial charge in [-0.15, -0.1) is 12.4 Å². The summed E-state index contributed by atoms with van der Waals surface area (Å²) in [5, 5.41) is 13.9. The van der Waals surface area contributed by atoms with Crippen molar-refractivity contribution in [2.24, 2.45) is 0 Å². The monoisotopic (exact) mass is 389 g/mol. The number of aryl methyl sites for hydroxylation is 1.